The molecule has 0 aromatic heterocycles. The van der Waals surface area contributed by atoms with E-state index in [0.29, 0.717) is 6.04 Å². The Morgan fingerprint density at radius 2 is 1.88 bits per heavy atom. The van der Waals surface area contributed by atoms with E-state index in [9.17, 15) is 0 Å². The Morgan fingerprint density at radius 3 is 2.46 bits per heavy atom. The summed E-state index contributed by atoms with van der Waals surface area (Å²) in [6, 6.07) is 9.88. The van der Waals surface area contributed by atoms with Gasteiger partial charge in [0.05, 0.1) is 6.54 Å². The second-order valence-corrected chi connectivity index (χ2v) is 6.44. The Kier molecular flexibility index (Phi) is 9.66. The lowest BCUT2D eigenvalue weighted by Gasteiger charge is -2.25. The Hall–Kier alpha value is -0.820. The van der Waals surface area contributed by atoms with E-state index in [1.807, 2.05) is 0 Å². The quantitative estimate of drug-likeness (QED) is 0.367. The maximum absolute atomic E-state index is 4.76. The van der Waals surface area contributed by atoms with Crippen LogP contribution in [0, 0.1) is 0 Å². The molecule has 1 saturated carbocycles. The van der Waals surface area contributed by atoms with Gasteiger partial charge in [0.2, 0.25) is 0 Å². The van der Waals surface area contributed by atoms with E-state index in [1.165, 1.54) is 24.0 Å². The first-order valence-electron chi connectivity index (χ1n) is 8.96. The van der Waals surface area contributed by atoms with Gasteiger partial charge in [0.25, 0.3) is 0 Å². The highest BCUT2D eigenvalue weighted by molar-refractivity contribution is 14.0. The number of nitrogens with one attached hydrogen (secondary N) is 2. The van der Waals surface area contributed by atoms with Crippen LogP contribution >= 0.6 is 24.0 Å². The zero-order valence-electron chi connectivity index (χ0n) is 15.5. The van der Waals surface area contributed by atoms with Gasteiger partial charge in [0, 0.05) is 25.2 Å². The predicted molar refractivity (Wildman–Crippen MR) is 114 cm³/mol. The number of benzene rings is 1. The van der Waals surface area contributed by atoms with E-state index in [-0.39, 0.29) is 24.0 Å². The van der Waals surface area contributed by atoms with Crippen LogP contribution in [0.2, 0.25) is 0 Å². The van der Waals surface area contributed by atoms with E-state index in [0.717, 1.165) is 38.1 Å². The van der Waals surface area contributed by atoms with Gasteiger partial charge in [-0.3, -0.25) is 4.90 Å². The van der Waals surface area contributed by atoms with E-state index in [2.05, 4.69) is 67.6 Å². The van der Waals surface area contributed by atoms with Crippen LogP contribution in [-0.2, 0) is 13.0 Å². The molecule has 2 rings (SSSR count). The average Bonchev–Trinajstić information content (AvgIpc) is 3.41. The normalized spacial score (nSPS) is 15.8. The average molecular weight is 444 g/mol. The lowest BCUT2D eigenvalue weighted by atomic mass is 10.1. The number of nitrogens with zero attached hydrogens (tertiary/aromatic N) is 2. The number of likely N-dealkylation sites (N-methyl/N-ethyl adjacent to an activating group) is 1. The Labute approximate surface area is 164 Å². The van der Waals surface area contributed by atoms with Gasteiger partial charge in [0.1, 0.15) is 0 Å². The number of aryl methyl sites for hydroxylation is 1. The third-order valence-corrected chi connectivity index (χ3v) is 4.63. The van der Waals surface area contributed by atoms with Gasteiger partial charge in [0.15, 0.2) is 5.96 Å². The van der Waals surface area contributed by atoms with E-state index >= 15 is 0 Å². The van der Waals surface area contributed by atoms with Crippen molar-refractivity contribution in [1.29, 1.82) is 0 Å². The van der Waals surface area contributed by atoms with Crippen LogP contribution in [0.3, 0.4) is 0 Å². The largest absolute Gasteiger partial charge is 0.357 e. The first kappa shape index (κ1) is 21.2. The maximum Gasteiger partial charge on any atom is 0.191 e. The molecular weight excluding hydrogens is 411 g/mol. The monoisotopic (exact) mass is 444 g/mol. The van der Waals surface area contributed by atoms with Gasteiger partial charge in [-0.15, -0.1) is 24.0 Å². The van der Waals surface area contributed by atoms with Gasteiger partial charge in [-0.1, -0.05) is 31.2 Å². The molecule has 1 aromatic carbocycles. The van der Waals surface area contributed by atoms with Crippen LogP contribution in [0.1, 0.15) is 44.7 Å². The molecule has 0 aliphatic heterocycles. The zero-order valence-corrected chi connectivity index (χ0v) is 17.8. The van der Waals surface area contributed by atoms with Crippen molar-refractivity contribution in [3.8, 4) is 0 Å². The minimum atomic E-state index is 0. The van der Waals surface area contributed by atoms with Crippen molar-refractivity contribution in [3.05, 3.63) is 35.4 Å². The Bertz CT molecular complexity index is 514. The minimum absolute atomic E-state index is 0. The highest BCUT2D eigenvalue weighted by Crippen LogP contribution is 2.26. The molecule has 0 amide bonds. The number of halogens is 1. The van der Waals surface area contributed by atoms with Crippen LogP contribution in [0.15, 0.2) is 29.3 Å². The summed E-state index contributed by atoms with van der Waals surface area (Å²) >= 11 is 0. The third-order valence-electron chi connectivity index (χ3n) is 4.63. The molecule has 0 heterocycles. The lowest BCUT2D eigenvalue weighted by Crippen LogP contribution is -2.45. The van der Waals surface area contributed by atoms with E-state index < -0.39 is 0 Å². The fourth-order valence-electron chi connectivity index (χ4n) is 2.79. The number of hydrogen-bond acceptors (Lipinski definition) is 2. The summed E-state index contributed by atoms with van der Waals surface area (Å²) in [4.78, 5) is 7.24. The van der Waals surface area contributed by atoms with Crippen molar-refractivity contribution in [1.82, 2.24) is 15.5 Å². The summed E-state index contributed by atoms with van der Waals surface area (Å²) in [6.07, 6.45) is 3.75. The molecule has 1 unspecified atom stereocenters. The Morgan fingerprint density at radius 1 is 1.21 bits per heavy atom. The molecule has 5 heteroatoms. The predicted octanol–water partition coefficient (Wildman–Crippen LogP) is 3.40. The second kappa shape index (κ2) is 10.9. The molecule has 136 valence electrons. The van der Waals surface area contributed by atoms with Crippen LogP contribution in [-0.4, -0.2) is 43.1 Å². The van der Waals surface area contributed by atoms with Crippen LogP contribution < -0.4 is 10.6 Å². The summed E-state index contributed by atoms with van der Waals surface area (Å²) < 4.78 is 0. The smallest absolute Gasteiger partial charge is 0.191 e. The lowest BCUT2D eigenvalue weighted by molar-refractivity contribution is 0.247. The molecule has 1 fully saturated rings. The zero-order chi connectivity index (χ0) is 16.7. The van der Waals surface area contributed by atoms with Gasteiger partial charge in [-0.2, -0.15) is 0 Å². The molecule has 0 radical (unpaired) electrons. The van der Waals surface area contributed by atoms with E-state index in [1.54, 1.807) is 0 Å². The molecular formula is C19H33IN4. The number of rotatable bonds is 8. The fraction of sp³-hybridized carbons (Fsp3) is 0.632. The molecule has 24 heavy (non-hydrogen) atoms. The van der Waals surface area contributed by atoms with Crippen LogP contribution in [0.5, 0.6) is 0 Å². The summed E-state index contributed by atoms with van der Waals surface area (Å²) in [5.74, 6) is 0.912. The number of hydrogen-bond donors (Lipinski definition) is 2. The van der Waals surface area contributed by atoms with Gasteiger partial charge >= 0.3 is 0 Å². The van der Waals surface area contributed by atoms with Crippen LogP contribution in [0.4, 0.5) is 0 Å². The van der Waals surface area contributed by atoms with Gasteiger partial charge in [-0.25, -0.2) is 4.99 Å². The van der Waals surface area contributed by atoms with Crippen molar-refractivity contribution in [2.24, 2.45) is 4.99 Å². The van der Waals surface area contributed by atoms with Crippen molar-refractivity contribution < 1.29 is 0 Å². The summed E-state index contributed by atoms with van der Waals surface area (Å²) in [6.45, 7) is 9.12. The molecule has 1 aliphatic carbocycles. The summed E-state index contributed by atoms with van der Waals surface area (Å²) in [5.41, 5.74) is 2.70. The van der Waals surface area contributed by atoms with Crippen molar-refractivity contribution in [2.75, 3.05) is 20.1 Å². The highest BCUT2D eigenvalue weighted by atomic mass is 127. The van der Waals surface area contributed by atoms with Gasteiger partial charge in [-0.05, 0) is 51.3 Å². The van der Waals surface area contributed by atoms with Gasteiger partial charge < -0.3 is 10.6 Å². The third kappa shape index (κ3) is 6.59. The molecule has 0 spiro atoms. The fourth-order valence-corrected chi connectivity index (χ4v) is 2.79. The molecule has 1 atom stereocenters. The first-order valence-corrected chi connectivity index (χ1v) is 8.96. The molecule has 4 nitrogen and oxygen atoms in total. The number of aliphatic imine (C=N–C) groups is 1. The minimum Gasteiger partial charge on any atom is -0.357 e. The maximum atomic E-state index is 4.76. The molecule has 0 saturated heterocycles. The van der Waals surface area contributed by atoms with Crippen molar-refractivity contribution in [3.63, 3.8) is 0 Å². The second-order valence-electron chi connectivity index (χ2n) is 6.44. The Balaban J connectivity index is 0.00000288. The molecule has 1 aliphatic rings. The van der Waals surface area contributed by atoms with Crippen LogP contribution in [0.25, 0.3) is 0 Å². The van der Waals surface area contributed by atoms with Crippen molar-refractivity contribution in [2.45, 2.75) is 58.7 Å². The topological polar surface area (TPSA) is 39.7 Å². The molecule has 1 aromatic rings. The SMILES string of the molecule is CCNC(=NCc1ccccc1CC)NCC(C)N(C)C1CC1.I. The highest BCUT2D eigenvalue weighted by Gasteiger charge is 2.28. The standard InChI is InChI=1S/C19H32N4.HI/c1-5-16-9-7-8-10-17(16)14-22-19(20-6-2)21-13-15(3)23(4)18-11-12-18;/h7-10,15,18H,5-6,11-14H2,1-4H3,(H2,20,21,22);1H. The summed E-state index contributed by atoms with van der Waals surface area (Å²) in [7, 11) is 2.23. The van der Waals surface area contributed by atoms with E-state index in [4.69, 9.17) is 4.99 Å². The molecule has 2 N–H and O–H groups in total. The number of guanidine groups is 1. The first-order chi connectivity index (χ1) is 11.2. The molecule has 0 bridgehead atoms. The summed E-state index contributed by atoms with van der Waals surface area (Å²) in [5, 5.41) is 6.84. The van der Waals surface area contributed by atoms with Crippen molar-refractivity contribution >= 4 is 29.9 Å².